The molecule has 0 aliphatic carbocycles. The van der Waals surface area contributed by atoms with E-state index in [1.54, 1.807) is 0 Å². The van der Waals surface area contributed by atoms with Crippen molar-refractivity contribution in [1.82, 2.24) is 4.90 Å². The maximum atomic E-state index is 11.2. The van der Waals surface area contributed by atoms with Crippen molar-refractivity contribution in [3.8, 4) is 0 Å². The molecule has 0 saturated carbocycles. The average Bonchev–Trinajstić information content (AvgIpc) is 2.25. The summed E-state index contributed by atoms with van der Waals surface area (Å²) in [4.78, 5) is 23.7. The highest BCUT2D eigenvalue weighted by molar-refractivity contribution is 5.71. The van der Waals surface area contributed by atoms with Gasteiger partial charge in [0, 0.05) is 12.5 Å². The zero-order chi connectivity index (χ0) is 13.4. The fraction of sp³-hybridized carbons (Fsp3) is 0.833. The van der Waals surface area contributed by atoms with Crippen LogP contribution in [0, 0.1) is 5.92 Å². The first-order valence-corrected chi connectivity index (χ1v) is 6.12. The molecule has 0 radical (unpaired) electrons. The molecule has 5 nitrogen and oxygen atoms in total. The van der Waals surface area contributed by atoms with Crippen LogP contribution in [0.2, 0.25) is 0 Å². The molecule has 0 saturated heterocycles. The molecule has 0 heterocycles. The number of aliphatic carboxylic acids is 2. The van der Waals surface area contributed by atoms with Crippen molar-refractivity contribution in [2.45, 2.75) is 46.1 Å². The fourth-order valence-electron chi connectivity index (χ4n) is 2.10. The van der Waals surface area contributed by atoms with E-state index in [0.717, 1.165) is 13.1 Å². The minimum absolute atomic E-state index is 0.0365. The number of carboxylic acid groups (broad SMARTS) is 2. The Morgan fingerprint density at radius 1 is 1.18 bits per heavy atom. The van der Waals surface area contributed by atoms with E-state index in [-0.39, 0.29) is 12.5 Å². The molecule has 0 spiro atoms. The predicted molar refractivity (Wildman–Crippen MR) is 65.0 cm³/mol. The minimum Gasteiger partial charge on any atom is -0.481 e. The number of hydrogen-bond donors (Lipinski definition) is 2. The molecule has 0 aromatic rings. The number of nitrogens with zero attached hydrogens (tertiary/aromatic N) is 1. The second-order valence-electron chi connectivity index (χ2n) is 4.19. The third-order valence-corrected chi connectivity index (χ3v) is 3.19. The van der Waals surface area contributed by atoms with Crippen molar-refractivity contribution in [2.75, 3.05) is 13.1 Å². The summed E-state index contributed by atoms with van der Waals surface area (Å²) >= 11 is 0. The van der Waals surface area contributed by atoms with Crippen LogP contribution in [0.3, 0.4) is 0 Å². The van der Waals surface area contributed by atoms with Gasteiger partial charge in [-0.05, 0) is 32.9 Å². The first-order chi connectivity index (χ1) is 7.93. The Morgan fingerprint density at radius 3 is 2.06 bits per heavy atom. The lowest BCUT2D eigenvalue weighted by molar-refractivity contribution is -0.145. The van der Waals surface area contributed by atoms with Gasteiger partial charge in [0.15, 0.2) is 0 Å². The lowest BCUT2D eigenvalue weighted by Gasteiger charge is -2.31. The standard InChI is InChI=1S/C12H23NO4/c1-4-13(5-2)9(3)10(12(16)17)7-6-8-11(14)15/h9-10H,4-8H2,1-3H3,(H,14,15)(H,16,17). The molecule has 0 fully saturated rings. The van der Waals surface area contributed by atoms with E-state index in [2.05, 4.69) is 4.90 Å². The van der Waals surface area contributed by atoms with E-state index in [1.807, 2.05) is 20.8 Å². The second kappa shape index (κ2) is 8.06. The Labute approximate surface area is 102 Å². The molecule has 0 bridgehead atoms. The third-order valence-electron chi connectivity index (χ3n) is 3.19. The van der Waals surface area contributed by atoms with Gasteiger partial charge in [0.1, 0.15) is 0 Å². The second-order valence-corrected chi connectivity index (χ2v) is 4.19. The van der Waals surface area contributed by atoms with Crippen LogP contribution in [0.15, 0.2) is 0 Å². The molecule has 100 valence electrons. The summed E-state index contributed by atoms with van der Waals surface area (Å²) in [6.07, 6.45) is 0.867. The molecule has 17 heavy (non-hydrogen) atoms. The van der Waals surface area contributed by atoms with Crippen LogP contribution in [-0.2, 0) is 9.59 Å². The highest BCUT2D eigenvalue weighted by atomic mass is 16.4. The first-order valence-electron chi connectivity index (χ1n) is 6.12. The summed E-state index contributed by atoms with van der Waals surface area (Å²) in [5.41, 5.74) is 0. The van der Waals surface area contributed by atoms with E-state index in [0.29, 0.717) is 12.8 Å². The summed E-state index contributed by atoms with van der Waals surface area (Å²) < 4.78 is 0. The zero-order valence-corrected chi connectivity index (χ0v) is 10.8. The van der Waals surface area contributed by atoms with E-state index in [1.165, 1.54) is 0 Å². The number of carbonyl (C=O) groups is 2. The van der Waals surface area contributed by atoms with Crippen LogP contribution >= 0.6 is 0 Å². The fourth-order valence-corrected chi connectivity index (χ4v) is 2.10. The van der Waals surface area contributed by atoms with Gasteiger partial charge in [-0.1, -0.05) is 13.8 Å². The highest BCUT2D eigenvalue weighted by Gasteiger charge is 2.27. The Kier molecular flexibility index (Phi) is 7.54. The van der Waals surface area contributed by atoms with Crippen LogP contribution < -0.4 is 0 Å². The van der Waals surface area contributed by atoms with Crippen LogP contribution in [0.5, 0.6) is 0 Å². The number of carboxylic acids is 2. The van der Waals surface area contributed by atoms with Gasteiger partial charge in [-0.15, -0.1) is 0 Å². The van der Waals surface area contributed by atoms with Crippen molar-refractivity contribution in [3.05, 3.63) is 0 Å². The van der Waals surface area contributed by atoms with Crippen molar-refractivity contribution in [1.29, 1.82) is 0 Å². The molecule has 0 aromatic heterocycles. The average molecular weight is 245 g/mol. The van der Waals surface area contributed by atoms with Gasteiger partial charge in [-0.3, -0.25) is 9.59 Å². The molecule has 0 aliphatic rings. The van der Waals surface area contributed by atoms with Gasteiger partial charge in [-0.25, -0.2) is 0 Å². The van der Waals surface area contributed by atoms with Crippen LogP contribution in [0.25, 0.3) is 0 Å². The molecule has 0 aromatic carbocycles. The topological polar surface area (TPSA) is 77.8 Å². The van der Waals surface area contributed by atoms with Crippen molar-refractivity contribution < 1.29 is 19.8 Å². The van der Waals surface area contributed by atoms with E-state index >= 15 is 0 Å². The summed E-state index contributed by atoms with van der Waals surface area (Å²) in [6.45, 7) is 7.50. The molecule has 2 unspecified atom stereocenters. The maximum Gasteiger partial charge on any atom is 0.308 e. The normalized spacial score (nSPS) is 14.6. The molecular formula is C12H23NO4. The van der Waals surface area contributed by atoms with Gasteiger partial charge in [0.05, 0.1) is 5.92 Å². The van der Waals surface area contributed by atoms with Gasteiger partial charge < -0.3 is 15.1 Å². The monoisotopic (exact) mass is 245 g/mol. The highest BCUT2D eigenvalue weighted by Crippen LogP contribution is 2.18. The Bertz CT molecular complexity index is 251. The van der Waals surface area contributed by atoms with E-state index < -0.39 is 17.9 Å². The Hall–Kier alpha value is -1.10. The molecule has 2 N–H and O–H groups in total. The van der Waals surface area contributed by atoms with Gasteiger partial charge in [0.2, 0.25) is 0 Å². The van der Waals surface area contributed by atoms with E-state index in [4.69, 9.17) is 5.11 Å². The minimum atomic E-state index is -0.871. The molecule has 2 atom stereocenters. The maximum absolute atomic E-state index is 11.2. The summed E-state index contributed by atoms with van der Waals surface area (Å²) in [7, 11) is 0. The lowest BCUT2D eigenvalue weighted by atomic mass is 9.93. The smallest absolute Gasteiger partial charge is 0.308 e. The van der Waals surface area contributed by atoms with Crippen molar-refractivity contribution in [3.63, 3.8) is 0 Å². The quantitative estimate of drug-likeness (QED) is 0.646. The summed E-state index contributed by atoms with van der Waals surface area (Å²) in [5.74, 6) is -2.20. The van der Waals surface area contributed by atoms with Gasteiger partial charge in [-0.2, -0.15) is 0 Å². The molecule has 5 heteroatoms. The zero-order valence-electron chi connectivity index (χ0n) is 10.8. The Morgan fingerprint density at radius 2 is 1.71 bits per heavy atom. The number of hydrogen-bond acceptors (Lipinski definition) is 3. The Balaban J connectivity index is 4.40. The van der Waals surface area contributed by atoms with Crippen molar-refractivity contribution >= 4 is 11.9 Å². The van der Waals surface area contributed by atoms with Gasteiger partial charge in [0.25, 0.3) is 0 Å². The van der Waals surface area contributed by atoms with E-state index in [9.17, 15) is 14.7 Å². The molecule has 0 aliphatic heterocycles. The summed E-state index contributed by atoms with van der Waals surface area (Å²) in [5, 5.41) is 17.7. The number of rotatable bonds is 9. The summed E-state index contributed by atoms with van der Waals surface area (Å²) in [6, 6.07) is -0.0590. The lowest BCUT2D eigenvalue weighted by Crippen LogP contribution is -2.41. The molecule has 0 rings (SSSR count). The molecule has 0 amide bonds. The van der Waals surface area contributed by atoms with Crippen LogP contribution in [0.4, 0.5) is 0 Å². The van der Waals surface area contributed by atoms with Gasteiger partial charge >= 0.3 is 11.9 Å². The third kappa shape index (κ3) is 5.68. The van der Waals surface area contributed by atoms with Crippen LogP contribution in [-0.4, -0.2) is 46.2 Å². The SMILES string of the molecule is CCN(CC)C(C)C(CCCC(=O)O)C(=O)O. The van der Waals surface area contributed by atoms with Crippen molar-refractivity contribution in [2.24, 2.45) is 5.92 Å². The molecular weight excluding hydrogens is 222 g/mol. The largest absolute Gasteiger partial charge is 0.481 e. The predicted octanol–water partition coefficient (Wildman–Crippen LogP) is 1.67. The first kappa shape index (κ1) is 15.9. The van der Waals surface area contributed by atoms with Crippen LogP contribution in [0.1, 0.15) is 40.0 Å².